The molecule has 2 aliphatic carbocycles. The van der Waals surface area contributed by atoms with Gasteiger partial charge in [-0.3, -0.25) is 4.79 Å². The summed E-state index contributed by atoms with van der Waals surface area (Å²) < 4.78 is 11.9. The minimum atomic E-state index is -0.187. The smallest absolute Gasteiger partial charge is 0.302 e. The Balaban J connectivity index is 1.95. The third kappa shape index (κ3) is 2.16. The lowest BCUT2D eigenvalue weighted by atomic mass is 9.53. The van der Waals surface area contributed by atoms with Gasteiger partial charge in [0.25, 0.3) is 0 Å². The van der Waals surface area contributed by atoms with E-state index in [-0.39, 0.29) is 17.0 Å². The molecule has 3 heteroatoms. The second-order valence-electron chi connectivity index (χ2n) is 7.54. The number of carbonyl (C=O) groups excluding carboxylic acids is 1. The Labute approximate surface area is 128 Å². The van der Waals surface area contributed by atoms with Crippen molar-refractivity contribution in [2.75, 3.05) is 13.2 Å². The molecule has 1 saturated carbocycles. The van der Waals surface area contributed by atoms with Crippen LogP contribution in [0.3, 0.4) is 0 Å². The largest absolute Gasteiger partial charge is 0.465 e. The topological polar surface area (TPSA) is 35.5 Å². The molecule has 21 heavy (non-hydrogen) atoms. The Morgan fingerprint density at radius 2 is 2.05 bits per heavy atom. The van der Waals surface area contributed by atoms with Crippen molar-refractivity contribution in [2.45, 2.75) is 59.0 Å². The summed E-state index contributed by atoms with van der Waals surface area (Å²) in [5.74, 6) is 1.19. The Bertz CT molecular complexity index is 461. The second-order valence-corrected chi connectivity index (χ2v) is 7.54. The number of carbonyl (C=O) groups is 1. The molecule has 0 amide bonds. The van der Waals surface area contributed by atoms with Crippen LogP contribution >= 0.6 is 0 Å². The zero-order valence-corrected chi connectivity index (χ0v) is 13.8. The number of ether oxygens (including phenoxy) is 2. The molecule has 1 heterocycles. The van der Waals surface area contributed by atoms with Crippen LogP contribution in [0.1, 0.15) is 53.4 Å². The normalized spacial score (nSPS) is 41.0. The van der Waals surface area contributed by atoms with Gasteiger partial charge in [-0.05, 0) is 31.6 Å². The molecule has 0 aromatic carbocycles. The second kappa shape index (κ2) is 5.12. The van der Waals surface area contributed by atoms with Gasteiger partial charge in [0.1, 0.15) is 0 Å². The quantitative estimate of drug-likeness (QED) is 0.574. The molecular formula is C18H28O3. The van der Waals surface area contributed by atoms with E-state index in [1.807, 2.05) is 0 Å². The van der Waals surface area contributed by atoms with Crippen LogP contribution in [-0.4, -0.2) is 24.8 Å². The molecule has 1 aliphatic heterocycles. The molecule has 3 nitrogen and oxygen atoms in total. The van der Waals surface area contributed by atoms with Crippen LogP contribution in [0, 0.1) is 23.2 Å². The predicted molar refractivity (Wildman–Crippen MR) is 81.8 cm³/mol. The van der Waals surface area contributed by atoms with E-state index in [0.29, 0.717) is 24.4 Å². The van der Waals surface area contributed by atoms with Crippen molar-refractivity contribution in [1.29, 1.82) is 0 Å². The van der Waals surface area contributed by atoms with Crippen molar-refractivity contribution in [3.05, 3.63) is 11.6 Å². The average Bonchev–Trinajstić information content (AvgIpc) is 2.86. The van der Waals surface area contributed by atoms with E-state index in [2.05, 4.69) is 26.8 Å². The molecule has 0 aromatic rings. The van der Waals surface area contributed by atoms with E-state index in [1.54, 1.807) is 0 Å². The van der Waals surface area contributed by atoms with Crippen LogP contribution in [0.15, 0.2) is 11.6 Å². The Kier molecular flexibility index (Phi) is 3.67. The van der Waals surface area contributed by atoms with Gasteiger partial charge in [0.05, 0.1) is 18.8 Å². The number of rotatable bonds is 2. The van der Waals surface area contributed by atoms with Crippen LogP contribution in [0.25, 0.3) is 0 Å². The van der Waals surface area contributed by atoms with Gasteiger partial charge >= 0.3 is 5.97 Å². The fourth-order valence-corrected chi connectivity index (χ4v) is 5.28. The number of hydrogen-bond donors (Lipinski definition) is 0. The molecule has 3 rings (SSSR count). The standard InChI is InChI=1S/C18H28O3/c1-12-9-13(2)17(10-20-15(4)19)11-21-18(7-5-6-8-18)16(12)14(17)3/h9,13-14,16H,5-8,10-11H2,1-4H3/t13-,14+,16-,17-/m0/s1. The predicted octanol–water partition coefficient (Wildman–Crippen LogP) is 3.73. The summed E-state index contributed by atoms with van der Waals surface area (Å²) in [5, 5.41) is 0. The van der Waals surface area contributed by atoms with Crippen molar-refractivity contribution >= 4 is 5.97 Å². The van der Waals surface area contributed by atoms with Gasteiger partial charge in [0, 0.05) is 18.3 Å². The first-order valence-corrected chi connectivity index (χ1v) is 8.37. The molecule has 0 N–H and O–H groups in total. The molecule has 2 bridgehead atoms. The van der Waals surface area contributed by atoms with Crippen molar-refractivity contribution < 1.29 is 14.3 Å². The highest BCUT2D eigenvalue weighted by atomic mass is 16.5. The molecule has 2 fully saturated rings. The summed E-state index contributed by atoms with van der Waals surface area (Å²) in [6, 6.07) is 0. The molecule has 0 aromatic heterocycles. The van der Waals surface area contributed by atoms with E-state index in [9.17, 15) is 4.79 Å². The van der Waals surface area contributed by atoms with Crippen LogP contribution in [-0.2, 0) is 14.3 Å². The summed E-state index contributed by atoms with van der Waals surface area (Å²) in [5.41, 5.74) is 1.49. The van der Waals surface area contributed by atoms with Gasteiger partial charge in [0.15, 0.2) is 0 Å². The maximum Gasteiger partial charge on any atom is 0.302 e. The minimum absolute atomic E-state index is 0.0519. The maximum absolute atomic E-state index is 11.3. The Hall–Kier alpha value is -0.830. The number of esters is 1. The van der Waals surface area contributed by atoms with Crippen LogP contribution in [0.5, 0.6) is 0 Å². The minimum Gasteiger partial charge on any atom is -0.465 e. The van der Waals surface area contributed by atoms with Gasteiger partial charge < -0.3 is 9.47 Å². The van der Waals surface area contributed by atoms with E-state index < -0.39 is 0 Å². The van der Waals surface area contributed by atoms with Crippen LogP contribution < -0.4 is 0 Å². The molecule has 118 valence electrons. The lowest BCUT2D eigenvalue weighted by Crippen LogP contribution is -2.61. The summed E-state index contributed by atoms with van der Waals surface area (Å²) in [6.45, 7) is 9.57. The molecule has 0 unspecified atom stereocenters. The van der Waals surface area contributed by atoms with Gasteiger partial charge in [-0.2, -0.15) is 0 Å². The Morgan fingerprint density at radius 3 is 2.67 bits per heavy atom. The highest BCUT2D eigenvalue weighted by Gasteiger charge is 2.60. The fraction of sp³-hybridized carbons (Fsp3) is 0.833. The van der Waals surface area contributed by atoms with Crippen molar-refractivity contribution in [3.63, 3.8) is 0 Å². The first kappa shape index (κ1) is 15.1. The number of allylic oxidation sites excluding steroid dienone is 1. The summed E-state index contributed by atoms with van der Waals surface area (Å²) in [7, 11) is 0. The highest BCUT2D eigenvalue weighted by molar-refractivity contribution is 5.66. The average molecular weight is 292 g/mol. The zero-order chi connectivity index (χ0) is 15.3. The summed E-state index contributed by atoms with van der Waals surface area (Å²) >= 11 is 0. The van der Waals surface area contributed by atoms with Gasteiger partial charge in [0.2, 0.25) is 0 Å². The summed E-state index contributed by atoms with van der Waals surface area (Å²) in [6.07, 6.45) is 7.35. The monoisotopic (exact) mass is 292 g/mol. The third-order valence-electron chi connectivity index (χ3n) is 6.51. The zero-order valence-electron chi connectivity index (χ0n) is 13.8. The highest BCUT2D eigenvalue weighted by Crippen LogP contribution is 2.59. The molecule has 0 radical (unpaired) electrons. The van der Waals surface area contributed by atoms with Gasteiger partial charge in [-0.25, -0.2) is 0 Å². The molecule has 1 spiro atoms. The van der Waals surface area contributed by atoms with E-state index in [4.69, 9.17) is 9.47 Å². The first-order valence-electron chi connectivity index (χ1n) is 8.37. The first-order chi connectivity index (χ1) is 9.91. The summed E-state index contributed by atoms with van der Waals surface area (Å²) in [4.78, 5) is 11.3. The van der Waals surface area contributed by atoms with E-state index >= 15 is 0 Å². The maximum atomic E-state index is 11.3. The molecule has 4 atom stereocenters. The van der Waals surface area contributed by atoms with Crippen molar-refractivity contribution in [3.8, 4) is 0 Å². The number of fused-ring (bicyclic) bond motifs is 3. The molecule has 1 saturated heterocycles. The van der Waals surface area contributed by atoms with Gasteiger partial charge in [-0.1, -0.05) is 38.3 Å². The lowest BCUT2D eigenvalue weighted by molar-refractivity contribution is -0.217. The molecular weight excluding hydrogens is 264 g/mol. The third-order valence-corrected chi connectivity index (χ3v) is 6.51. The fourth-order valence-electron chi connectivity index (χ4n) is 5.28. The van der Waals surface area contributed by atoms with Crippen LogP contribution in [0.2, 0.25) is 0 Å². The van der Waals surface area contributed by atoms with Crippen molar-refractivity contribution in [1.82, 2.24) is 0 Å². The number of hydrogen-bond acceptors (Lipinski definition) is 3. The van der Waals surface area contributed by atoms with Crippen LogP contribution in [0.4, 0.5) is 0 Å². The molecule has 3 aliphatic rings. The lowest BCUT2D eigenvalue weighted by Gasteiger charge is -2.59. The Morgan fingerprint density at radius 1 is 1.38 bits per heavy atom. The van der Waals surface area contributed by atoms with Gasteiger partial charge in [-0.15, -0.1) is 0 Å². The van der Waals surface area contributed by atoms with E-state index in [0.717, 1.165) is 6.61 Å². The van der Waals surface area contributed by atoms with Crippen molar-refractivity contribution in [2.24, 2.45) is 23.2 Å². The SMILES string of the molecule is CC(=O)OC[C@]12COC3(CCCC3)[C@@H](C(C)=C[C@@H]1C)[C@H]2C. The van der Waals surface area contributed by atoms with E-state index in [1.165, 1.54) is 38.2 Å².